The van der Waals surface area contributed by atoms with E-state index < -0.39 is 17.7 Å². The molecule has 1 aliphatic rings. The van der Waals surface area contributed by atoms with Crippen LogP contribution in [0.5, 0.6) is 0 Å². The molecule has 98 valence electrons. The van der Waals surface area contributed by atoms with Crippen LogP contribution in [-0.4, -0.2) is 24.3 Å². The molecule has 0 atom stereocenters. The number of ketones is 2. The Hall–Kier alpha value is -2.14. The van der Waals surface area contributed by atoms with E-state index in [0.717, 1.165) is 0 Å². The van der Waals surface area contributed by atoms with Crippen LogP contribution in [0.1, 0.15) is 27.6 Å². The van der Waals surface area contributed by atoms with Crippen LogP contribution in [0.25, 0.3) is 0 Å². The van der Waals surface area contributed by atoms with E-state index in [9.17, 15) is 14.4 Å². The van der Waals surface area contributed by atoms with Gasteiger partial charge in [0.05, 0.1) is 6.61 Å². The van der Waals surface area contributed by atoms with Gasteiger partial charge in [0, 0.05) is 11.1 Å². The van der Waals surface area contributed by atoms with Crippen molar-refractivity contribution in [1.29, 1.82) is 0 Å². The highest BCUT2D eigenvalue weighted by molar-refractivity contribution is 6.50. The zero-order valence-corrected chi connectivity index (χ0v) is 10.8. The Balaban J connectivity index is 2.40. The smallest absolute Gasteiger partial charge is 0.411 e. The maximum atomic E-state index is 12.1. The molecule has 0 bridgehead atoms. The van der Waals surface area contributed by atoms with Crippen molar-refractivity contribution in [2.24, 2.45) is 0 Å². The lowest BCUT2D eigenvalue weighted by molar-refractivity contribution is 0.0970. The summed E-state index contributed by atoms with van der Waals surface area (Å²) in [6.07, 6.45) is -0.823. The Bertz CT molecular complexity index is 606. The maximum Gasteiger partial charge on any atom is 0.411 e. The molecule has 0 spiro atoms. The van der Waals surface area contributed by atoms with Gasteiger partial charge < -0.3 is 4.74 Å². The summed E-state index contributed by atoms with van der Waals surface area (Å²) in [5, 5.41) is 1.90. The van der Waals surface area contributed by atoms with Gasteiger partial charge in [-0.15, -0.1) is 0 Å². The van der Waals surface area contributed by atoms with E-state index in [-0.39, 0.29) is 28.5 Å². The van der Waals surface area contributed by atoms with E-state index in [1.54, 1.807) is 19.1 Å². The number of halogens is 1. The third-order valence-corrected chi connectivity index (χ3v) is 2.93. The molecule has 0 saturated carbocycles. The summed E-state index contributed by atoms with van der Waals surface area (Å²) >= 11 is 5.84. The summed E-state index contributed by atoms with van der Waals surface area (Å²) in [5.41, 5.74) is 0.194. The first-order valence-corrected chi connectivity index (χ1v) is 5.96. The number of Topliss-reactive ketones (excluding diaryl/α,β-unsaturated/α-hetero) is 2. The summed E-state index contributed by atoms with van der Waals surface area (Å²) in [5.74, 6) is -1.00. The summed E-state index contributed by atoms with van der Waals surface area (Å²) in [7, 11) is 0. The third-order valence-electron chi connectivity index (χ3n) is 2.56. The minimum atomic E-state index is -0.823. The largest absolute Gasteiger partial charge is 0.450 e. The number of benzene rings is 1. The van der Waals surface area contributed by atoms with Crippen LogP contribution in [-0.2, 0) is 4.74 Å². The number of allylic oxidation sites excluding steroid dienone is 2. The lowest BCUT2D eigenvalue weighted by atomic mass is 9.92. The highest BCUT2D eigenvalue weighted by Gasteiger charge is 2.32. The number of hydrogen-bond donors (Lipinski definition) is 1. The highest BCUT2D eigenvalue weighted by Crippen LogP contribution is 2.27. The molecule has 6 heteroatoms. The standard InChI is InChI=1S/C13H10ClNO4/c1-2-19-13(18)15-10-9(14)11(16)7-5-3-4-6-8(7)12(10)17/h3-6H,2H2,1H3,(H,15,18). The average Bonchev–Trinajstić information content (AvgIpc) is 2.41. The second-order valence-electron chi connectivity index (χ2n) is 3.74. The van der Waals surface area contributed by atoms with E-state index in [1.807, 2.05) is 0 Å². The van der Waals surface area contributed by atoms with Gasteiger partial charge in [-0.25, -0.2) is 4.79 Å². The molecule has 19 heavy (non-hydrogen) atoms. The topological polar surface area (TPSA) is 72.5 Å². The Morgan fingerprint density at radius 2 is 1.79 bits per heavy atom. The molecule has 0 aliphatic heterocycles. The van der Waals surface area contributed by atoms with Crippen LogP contribution in [0.2, 0.25) is 0 Å². The minimum Gasteiger partial charge on any atom is -0.450 e. The molecule has 0 heterocycles. The molecule has 2 rings (SSSR count). The third kappa shape index (κ3) is 2.37. The molecular formula is C13H10ClNO4. The van der Waals surface area contributed by atoms with Crippen molar-refractivity contribution in [2.75, 3.05) is 6.61 Å². The lowest BCUT2D eigenvalue weighted by Crippen LogP contribution is -2.33. The van der Waals surface area contributed by atoms with Crippen LogP contribution < -0.4 is 5.32 Å². The molecule has 0 unspecified atom stereocenters. The van der Waals surface area contributed by atoms with Crippen LogP contribution in [0.15, 0.2) is 35.0 Å². The van der Waals surface area contributed by atoms with Gasteiger partial charge in [-0.3, -0.25) is 14.9 Å². The second kappa shape index (κ2) is 5.24. The SMILES string of the molecule is CCOC(=O)NC1=C(Cl)C(=O)c2ccccc2C1=O. The van der Waals surface area contributed by atoms with Gasteiger partial charge in [0.15, 0.2) is 0 Å². The van der Waals surface area contributed by atoms with E-state index in [2.05, 4.69) is 10.1 Å². The summed E-state index contributed by atoms with van der Waals surface area (Å²) < 4.78 is 4.66. The highest BCUT2D eigenvalue weighted by atomic mass is 35.5. The molecule has 0 aromatic heterocycles. The number of fused-ring (bicyclic) bond motifs is 1. The number of carbonyl (C=O) groups excluding carboxylic acids is 3. The van der Waals surface area contributed by atoms with Crippen molar-refractivity contribution in [3.05, 3.63) is 46.1 Å². The molecule has 0 saturated heterocycles. The van der Waals surface area contributed by atoms with E-state index in [4.69, 9.17) is 11.6 Å². The summed E-state index contributed by atoms with van der Waals surface area (Å²) in [4.78, 5) is 35.5. The number of rotatable bonds is 2. The summed E-state index contributed by atoms with van der Waals surface area (Å²) in [6.45, 7) is 1.77. The number of alkyl carbamates (subject to hydrolysis) is 1. The predicted octanol–water partition coefficient (Wildman–Crippen LogP) is 2.26. The number of ether oxygens (including phenoxy) is 1. The Morgan fingerprint density at radius 3 is 2.37 bits per heavy atom. The Labute approximate surface area is 114 Å². The molecule has 0 radical (unpaired) electrons. The van der Waals surface area contributed by atoms with Crippen LogP contribution in [0.3, 0.4) is 0 Å². The predicted molar refractivity (Wildman–Crippen MR) is 68.1 cm³/mol. The molecule has 1 N–H and O–H groups in total. The van der Waals surface area contributed by atoms with Crippen LogP contribution in [0, 0.1) is 0 Å². The van der Waals surface area contributed by atoms with Crippen molar-refractivity contribution >= 4 is 29.3 Å². The van der Waals surface area contributed by atoms with Gasteiger partial charge in [0.2, 0.25) is 11.6 Å². The van der Waals surface area contributed by atoms with Gasteiger partial charge in [0.1, 0.15) is 10.7 Å². The second-order valence-corrected chi connectivity index (χ2v) is 4.12. The maximum absolute atomic E-state index is 12.1. The van der Waals surface area contributed by atoms with Gasteiger partial charge in [0.25, 0.3) is 0 Å². The van der Waals surface area contributed by atoms with Crippen molar-refractivity contribution in [3.63, 3.8) is 0 Å². The van der Waals surface area contributed by atoms with E-state index in [1.165, 1.54) is 12.1 Å². The minimum absolute atomic E-state index is 0.148. The Kier molecular flexibility index (Phi) is 3.66. The van der Waals surface area contributed by atoms with Crippen LogP contribution >= 0.6 is 11.6 Å². The van der Waals surface area contributed by atoms with E-state index >= 15 is 0 Å². The van der Waals surface area contributed by atoms with Gasteiger partial charge in [-0.1, -0.05) is 35.9 Å². The molecule has 1 aliphatic carbocycles. The van der Waals surface area contributed by atoms with Crippen molar-refractivity contribution < 1.29 is 19.1 Å². The molecular weight excluding hydrogens is 270 g/mol. The number of hydrogen-bond acceptors (Lipinski definition) is 4. The lowest BCUT2D eigenvalue weighted by Gasteiger charge is -2.17. The first kappa shape index (κ1) is 13.3. The summed E-state index contributed by atoms with van der Waals surface area (Å²) in [6, 6.07) is 6.29. The van der Waals surface area contributed by atoms with Crippen molar-refractivity contribution in [3.8, 4) is 0 Å². The molecule has 5 nitrogen and oxygen atoms in total. The van der Waals surface area contributed by atoms with Crippen LogP contribution in [0.4, 0.5) is 4.79 Å². The Morgan fingerprint density at radius 1 is 1.21 bits per heavy atom. The molecule has 1 amide bonds. The first-order valence-electron chi connectivity index (χ1n) is 5.58. The van der Waals surface area contributed by atoms with Gasteiger partial charge >= 0.3 is 6.09 Å². The molecule has 1 aromatic rings. The zero-order valence-electron chi connectivity index (χ0n) is 10.0. The number of amides is 1. The normalized spacial score (nSPS) is 14.2. The fourth-order valence-electron chi connectivity index (χ4n) is 1.73. The molecule has 1 aromatic carbocycles. The quantitative estimate of drug-likeness (QED) is 0.901. The van der Waals surface area contributed by atoms with Gasteiger partial charge in [-0.2, -0.15) is 0 Å². The van der Waals surface area contributed by atoms with Crippen molar-refractivity contribution in [2.45, 2.75) is 6.92 Å². The van der Waals surface area contributed by atoms with Crippen molar-refractivity contribution in [1.82, 2.24) is 5.32 Å². The fourth-order valence-corrected chi connectivity index (χ4v) is 1.96. The zero-order chi connectivity index (χ0) is 14.0. The van der Waals surface area contributed by atoms with Gasteiger partial charge in [-0.05, 0) is 6.92 Å². The van der Waals surface area contributed by atoms with E-state index in [0.29, 0.717) is 0 Å². The monoisotopic (exact) mass is 279 g/mol. The fraction of sp³-hybridized carbons (Fsp3) is 0.154. The molecule has 0 fully saturated rings. The number of carbonyl (C=O) groups is 3. The first-order chi connectivity index (χ1) is 9.06. The average molecular weight is 280 g/mol. The number of nitrogens with one attached hydrogen (secondary N) is 1.